The Morgan fingerprint density at radius 3 is 2.73 bits per heavy atom. The van der Waals surface area contributed by atoms with Gasteiger partial charge in [-0.1, -0.05) is 6.07 Å². The summed E-state index contributed by atoms with van der Waals surface area (Å²) in [6, 6.07) is 4.60. The van der Waals surface area contributed by atoms with Gasteiger partial charge in [-0.2, -0.15) is 0 Å². The lowest BCUT2D eigenvalue weighted by Gasteiger charge is -2.37. The van der Waals surface area contributed by atoms with Gasteiger partial charge in [-0.3, -0.25) is 0 Å². The minimum atomic E-state index is -0.750. The van der Waals surface area contributed by atoms with Crippen LogP contribution in [0.5, 0.6) is 5.75 Å². The molecule has 0 unspecified atom stereocenters. The third-order valence-electron chi connectivity index (χ3n) is 2.95. The highest BCUT2D eigenvalue weighted by Crippen LogP contribution is 2.42. The number of ether oxygens (including phenoxy) is 1. The number of halogens is 1. The van der Waals surface area contributed by atoms with Crippen LogP contribution in [-0.4, -0.2) is 11.7 Å². The average molecular weight is 210 g/mol. The number of rotatable bonds is 3. The van der Waals surface area contributed by atoms with Crippen molar-refractivity contribution in [2.24, 2.45) is 0 Å². The monoisotopic (exact) mass is 210 g/mol. The van der Waals surface area contributed by atoms with E-state index in [4.69, 9.17) is 4.74 Å². The van der Waals surface area contributed by atoms with Gasteiger partial charge in [0.05, 0.1) is 12.2 Å². The molecule has 1 aromatic rings. The summed E-state index contributed by atoms with van der Waals surface area (Å²) < 4.78 is 18.4. The van der Waals surface area contributed by atoms with Gasteiger partial charge in [-0.15, -0.1) is 0 Å². The maximum absolute atomic E-state index is 13.3. The quantitative estimate of drug-likeness (QED) is 0.830. The standard InChI is InChI=1S/C12H15FO2/c1-2-15-11-8-9(4-5-10(11)13)12(14)6-3-7-12/h4-5,8,14H,2-3,6-7H2,1H3. The van der Waals surface area contributed by atoms with Gasteiger partial charge in [-0.05, 0) is 43.9 Å². The van der Waals surface area contributed by atoms with Crippen molar-refractivity contribution in [1.29, 1.82) is 0 Å². The zero-order valence-corrected chi connectivity index (χ0v) is 8.79. The van der Waals surface area contributed by atoms with Crippen molar-refractivity contribution in [3.05, 3.63) is 29.6 Å². The highest BCUT2D eigenvalue weighted by molar-refractivity contribution is 5.34. The Hall–Kier alpha value is -1.09. The molecule has 0 radical (unpaired) electrons. The number of benzene rings is 1. The minimum absolute atomic E-state index is 0.232. The molecule has 3 heteroatoms. The molecule has 2 nitrogen and oxygen atoms in total. The van der Waals surface area contributed by atoms with E-state index >= 15 is 0 Å². The molecule has 1 aliphatic carbocycles. The van der Waals surface area contributed by atoms with Crippen LogP contribution < -0.4 is 4.74 Å². The fourth-order valence-corrected chi connectivity index (χ4v) is 1.86. The van der Waals surface area contributed by atoms with Crippen LogP contribution >= 0.6 is 0 Å². The van der Waals surface area contributed by atoms with Gasteiger partial charge in [-0.25, -0.2) is 4.39 Å². The molecular formula is C12H15FO2. The van der Waals surface area contributed by atoms with Crippen molar-refractivity contribution in [1.82, 2.24) is 0 Å². The fourth-order valence-electron chi connectivity index (χ4n) is 1.86. The molecule has 1 fully saturated rings. The molecule has 15 heavy (non-hydrogen) atoms. The summed E-state index contributed by atoms with van der Waals surface area (Å²) in [5.41, 5.74) is 0.0121. The lowest BCUT2D eigenvalue weighted by Crippen LogP contribution is -2.33. The summed E-state index contributed by atoms with van der Waals surface area (Å²) in [5, 5.41) is 10.1. The fraction of sp³-hybridized carbons (Fsp3) is 0.500. The van der Waals surface area contributed by atoms with Crippen LogP contribution in [0.3, 0.4) is 0 Å². The Labute approximate surface area is 88.7 Å². The first-order valence-corrected chi connectivity index (χ1v) is 5.31. The van der Waals surface area contributed by atoms with Crippen molar-refractivity contribution in [2.75, 3.05) is 6.61 Å². The molecule has 1 aliphatic rings. The van der Waals surface area contributed by atoms with E-state index in [0.29, 0.717) is 6.61 Å². The van der Waals surface area contributed by atoms with E-state index in [1.807, 2.05) is 6.92 Å². The van der Waals surface area contributed by atoms with E-state index in [1.54, 1.807) is 12.1 Å². The zero-order valence-electron chi connectivity index (χ0n) is 8.79. The second-order valence-electron chi connectivity index (χ2n) is 3.96. The zero-order chi connectivity index (χ0) is 10.9. The topological polar surface area (TPSA) is 29.5 Å². The third kappa shape index (κ3) is 1.84. The summed E-state index contributed by atoms with van der Waals surface area (Å²) in [6.45, 7) is 2.24. The predicted molar refractivity (Wildman–Crippen MR) is 55.3 cm³/mol. The van der Waals surface area contributed by atoms with E-state index in [0.717, 1.165) is 24.8 Å². The first kappa shape index (κ1) is 10.4. The molecular weight excluding hydrogens is 195 g/mol. The van der Waals surface area contributed by atoms with Crippen LogP contribution in [0.1, 0.15) is 31.7 Å². The van der Waals surface area contributed by atoms with E-state index in [-0.39, 0.29) is 11.6 Å². The normalized spacial score (nSPS) is 18.3. The Morgan fingerprint density at radius 2 is 2.20 bits per heavy atom. The molecule has 82 valence electrons. The molecule has 0 aromatic heterocycles. The Kier molecular flexibility index (Phi) is 2.65. The van der Waals surface area contributed by atoms with Gasteiger partial charge >= 0.3 is 0 Å². The molecule has 0 aliphatic heterocycles. The Morgan fingerprint density at radius 1 is 1.47 bits per heavy atom. The third-order valence-corrected chi connectivity index (χ3v) is 2.95. The van der Waals surface area contributed by atoms with Crippen LogP contribution in [0.25, 0.3) is 0 Å². The smallest absolute Gasteiger partial charge is 0.165 e. The van der Waals surface area contributed by atoms with Crippen molar-refractivity contribution in [3.8, 4) is 5.75 Å². The van der Waals surface area contributed by atoms with Crippen LogP contribution in [0.15, 0.2) is 18.2 Å². The second-order valence-corrected chi connectivity index (χ2v) is 3.96. The first-order valence-electron chi connectivity index (χ1n) is 5.31. The van der Waals surface area contributed by atoms with Gasteiger partial charge in [0, 0.05) is 0 Å². The first-order chi connectivity index (χ1) is 7.15. The van der Waals surface area contributed by atoms with Gasteiger partial charge < -0.3 is 9.84 Å². The van der Waals surface area contributed by atoms with Crippen LogP contribution in [0, 0.1) is 5.82 Å². The molecule has 0 bridgehead atoms. The van der Waals surface area contributed by atoms with Gasteiger partial charge in [0.25, 0.3) is 0 Å². The van der Waals surface area contributed by atoms with Crippen molar-refractivity contribution < 1.29 is 14.2 Å². The molecule has 0 spiro atoms. The van der Waals surface area contributed by atoms with Crippen molar-refractivity contribution in [2.45, 2.75) is 31.8 Å². The summed E-state index contributed by atoms with van der Waals surface area (Å²) in [6.07, 6.45) is 2.53. The Bertz CT molecular complexity index is 359. The van der Waals surface area contributed by atoms with Gasteiger partial charge in [0.15, 0.2) is 11.6 Å². The summed E-state index contributed by atoms with van der Waals surface area (Å²) in [5.74, 6) is -0.140. The summed E-state index contributed by atoms with van der Waals surface area (Å²) in [7, 11) is 0. The molecule has 1 aromatic carbocycles. The highest BCUT2D eigenvalue weighted by atomic mass is 19.1. The van der Waals surface area contributed by atoms with E-state index in [1.165, 1.54) is 6.07 Å². The van der Waals surface area contributed by atoms with E-state index in [9.17, 15) is 9.50 Å². The second kappa shape index (κ2) is 3.81. The lowest BCUT2D eigenvalue weighted by molar-refractivity contribution is -0.0390. The van der Waals surface area contributed by atoms with Crippen LogP contribution in [0.4, 0.5) is 4.39 Å². The van der Waals surface area contributed by atoms with Crippen LogP contribution in [0.2, 0.25) is 0 Å². The van der Waals surface area contributed by atoms with E-state index < -0.39 is 5.60 Å². The molecule has 1 saturated carbocycles. The van der Waals surface area contributed by atoms with Gasteiger partial charge in [0.2, 0.25) is 0 Å². The number of hydrogen-bond acceptors (Lipinski definition) is 2. The molecule has 2 rings (SSSR count). The largest absolute Gasteiger partial charge is 0.491 e. The molecule has 0 heterocycles. The van der Waals surface area contributed by atoms with Crippen LogP contribution in [-0.2, 0) is 5.60 Å². The molecule has 0 amide bonds. The predicted octanol–water partition coefficient (Wildman–Crippen LogP) is 2.60. The highest BCUT2D eigenvalue weighted by Gasteiger charge is 2.36. The average Bonchev–Trinajstić information content (AvgIpc) is 2.18. The van der Waals surface area contributed by atoms with Crippen molar-refractivity contribution in [3.63, 3.8) is 0 Å². The van der Waals surface area contributed by atoms with Crippen molar-refractivity contribution >= 4 is 0 Å². The molecule has 1 N–H and O–H groups in total. The lowest BCUT2D eigenvalue weighted by atomic mass is 9.75. The number of hydrogen-bond donors (Lipinski definition) is 1. The van der Waals surface area contributed by atoms with Gasteiger partial charge in [0.1, 0.15) is 0 Å². The van der Waals surface area contributed by atoms with E-state index in [2.05, 4.69) is 0 Å². The molecule has 0 saturated heterocycles. The Balaban J connectivity index is 2.29. The number of aliphatic hydroxyl groups is 1. The maximum atomic E-state index is 13.3. The summed E-state index contributed by atoms with van der Waals surface area (Å²) in [4.78, 5) is 0. The minimum Gasteiger partial charge on any atom is -0.491 e. The molecule has 0 atom stereocenters. The SMILES string of the molecule is CCOc1cc(C2(O)CCC2)ccc1F. The maximum Gasteiger partial charge on any atom is 0.165 e. The summed E-state index contributed by atoms with van der Waals surface area (Å²) >= 11 is 0.